The van der Waals surface area contributed by atoms with E-state index in [-0.39, 0.29) is 18.1 Å². The van der Waals surface area contributed by atoms with E-state index in [1.165, 1.54) is 0 Å². The highest BCUT2D eigenvalue weighted by Crippen LogP contribution is 2.28. The maximum atomic E-state index is 13.5. The Morgan fingerprint density at radius 2 is 1.86 bits per heavy atom. The van der Waals surface area contributed by atoms with Crippen molar-refractivity contribution < 1.29 is 14.3 Å². The molecule has 3 aromatic rings. The van der Waals surface area contributed by atoms with Crippen LogP contribution in [-0.2, 0) is 4.74 Å². The Hall–Kier alpha value is -2.92. The lowest BCUT2D eigenvalue weighted by Gasteiger charge is -2.35. The van der Waals surface area contributed by atoms with Gasteiger partial charge >= 0.3 is 0 Å². The molecule has 1 fully saturated rings. The van der Waals surface area contributed by atoms with Crippen molar-refractivity contribution in [3.05, 3.63) is 60.2 Å². The number of hydrogen-bond acceptors (Lipinski definition) is 4. The van der Waals surface area contributed by atoms with E-state index in [2.05, 4.69) is 0 Å². The van der Waals surface area contributed by atoms with E-state index in [1.54, 1.807) is 0 Å². The minimum Gasteiger partial charge on any atom is -0.494 e. The number of aromatic nitrogens is 1. The number of carbonyl (C=O) groups excluding carboxylic acids is 1. The number of nitrogens with zero attached hydrogens (tertiary/aromatic N) is 2. The number of morpholine rings is 1. The summed E-state index contributed by atoms with van der Waals surface area (Å²) in [6.45, 7) is 7.76. The predicted octanol–water partition coefficient (Wildman–Crippen LogP) is 4.55. The van der Waals surface area contributed by atoms with Crippen LogP contribution in [0.5, 0.6) is 5.75 Å². The number of ether oxygens (including phenoxy) is 2. The van der Waals surface area contributed by atoms with E-state index in [0.29, 0.717) is 25.3 Å². The number of rotatable bonds is 4. The van der Waals surface area contributed by atoms with Crippen molar-refractivity contribution in [3.8, 4) is 17.0 Å². The van der Waals surface area contributed by atoms with Gasteiger partial charge in [0.15, 0.2) is 0 Å². The van der Waals surface area contributed by atoms with Crippen LogP contribution < -0.4 is 4.74 Å². The summed E-state index contributed by atoms with van der Waals surface area (Å²) in [5, 5.41) is 0.869. The molecule has 2 unspecified atom stereocenters. The van der Waals surface area contributed by atoms with Gasteiger partial charge in [-0.2, -0.15) is 0 Å². The minimum absolute atomic E-state index is 0.0211. The quantitative estimate of drug-likeness (QED) is 0.656. The molecule has 2 atom stereocenters. The lowest BCUT2D eigenvalue weighted by Crippen LogP contribution is -2.48. The molecule has 0 saturated carbocycles. The first-order chi connectivity index (χ1) is 14.0. The molecule has 0 spiro atoms. The molecule has 0 radical (unpaired) electrons. The zero-order valence-corrected chi connectivity index (χ0v) is 17.1. The van der Waals surface area contributed by atoms with E-state index in [4.69, 9.17) is 14.5 Å². The van der Waals surface area contributed by atoms with Crippen LogP contribution in [0.25, 0.3) is 22.2 Å². The average Bonchev–Trinajstić information content (AvgIpc) is 2.72. The summed E-state index contributed by atoms with van der Waals surface area (Å²) in [6.07, 6.45) is 0.0521. The van der Waals surface area contributed by atoms with Gasteiger partial charge in [-0.1, -0.05) is 30.3 Å². The molecular weight excluding hydrogens is 364 g/mol. The van der Waals surface area contributed by atoms with Gasteiger partial charge in [-0.25, -0.2) is 4.98 Å². The third-order valence-electron chi connectivity index (χ3n) is 5.09. The number of fused-ring (bicyclic) bond motifs is 1. The summed E-state index contributed by atoms with van der Waals surface area (Å²) in [4.78, 5) is 20.2. The van der Waals surface area contributed by atoms with Gasteiger partial charge in [-0.3, -0.25) is 4.79 Å². The number of para-hydroxylation sites is 1. The van der Waals surface area contributed by atoms with Crippen LogP contribution in [0, 0.1) is 0 Å². The summed E-state index contributed by atoms with van der Waals surface area (Å²) in [6, 6.07) is 17.5. The standard InChI is InChI=1S/C24H26N2O3/c1-4-28-19-9-7-8-18(12-19)23-13-21(20-10-5-6-11-22(20)25-23)24(27)26-14-16(2)29-17(3)15-26/h5-13,16-17H,4,14-15H2,1-3H3. The molecule has 1 saturated heterocycles. The fourth-order valence-corrected chi connectivity index (χ4v) is 3.93. The molecule has 0 N–H and O–H groups in total. The summed E-state index contributed by atoms with van der Waals surface area (Å²) >= 11 is 0. The molecule has 4 rings (SSSR count). The van der Waals surface area contributed by atoms with Crippen LogP contribution >= 0.6 is 0 Å². The van der Waals surface area contributed by atoms with Gasteiger partial charge in [0.1, 0.15) is 5.75 Å². The Bertz CT molecular complexity index is 1020. The zero-order valence-electron chi connectivity index (χ0n) is 17.1. The van der Waals surface area contributed by atoms with Crippen molar-refractivity contribution in [1.82, 2.24) is 9.88 Å². The number of carbonyl (C=O) groups is 1. The third kappa shape index (κ3) is 4.10. The molecule has 1 aliphatic rings. The maximum absolute atomic E-state index is 13.5. The first-order valence-corrected chi connectivity index (χ1v) is 10.1. The first kappa shape index (κ1) is 19.4. The first-order valence-electron chi connectivity index (χ1n) is 10.1. The number of benzene rings is 2. The van der Waals surface area contributed by atoms with Crippen LogP contribution in [-0.4, -0.2) is 47.7 Å². The second-order valence-electron chi connectivity index (χ2n) is 7.50. The summed E-state index contributed by atoms with van der Waals surface area (Å²) in [5.74, 6) is 0.816. The summed E-state index contributed by atoms with van der Waals surface area (Å²) in [5.41, 5.74) is 3.18. The molecule has 5 heteroatoms. The van der Waals surface area contributed by atoms with Crippen molar-refractivity contribution in [2.75, 3.05) is 19.7 Å². The molecule has 2 heterocycles. The number of pyridine rings is 1. The van der Waals surface area contributed by atoms with Crippen LogP contribution in [0.2, 0.25) is 0 Å². The highest BCUT2D eigenvalue weighted by Gasteiger charge is 2.28. The molecule has 1 amide bonds. The Morgan fingerprint density at radius 1 is 1.10 bits per heavy atom. The van der Waals surface area contributed by atoms with Gasteiger partial charge in [0, 0.05) is 24.0 Å². The van der Waals surface area contributed by atoms with Crippen molar-refractivity contribution in [3.63, 3.8) is 0 Å². The normalized spacial score (nSPS) is 19.3. The average molecular weight is 390 g/mol. The molecule has 0 aliphatic carbocycles. The van der Waals surface area contributed by atoms with E-state index < -0.39 is 0 Å². The second kappa shape index (κ2) is 8.21. The van der Waals surface area contributed by atoms with E-state index in [1.807, 2.05) is 80.3 Å². The topological polar surface area (TPSA) is 51.7 Å². The van der Waals surface area contributed by atoms with Crippen LogP contribution in [0.4, 0.5) is 0 Å². The Kier molecular flexibility index (Phi) is 5.49. The lowest BCUT2D eigenvalue weighted by molar-refractivity contribution is -0.0585. The Morgan fingerprint density at radius 3 is 2.62 bits per heavy atom. The largest absolute Gasteiger partial charge is 0.494 e. The van der Waals surface area contributed by atoms with Gasteiger partial charge in [0.05, 0.1) is 35.6 Å². The van der Waals surface area contributed by atoms with Crippen molar-refractivity contribution in [2.45, 2.75) is 33.0 Å². The predicted molar refractivity (Wildman–Crippen MR) is 114 cm³/mol. The number of amides is 1. The molecule has 1 aromatic heterocycles. The molecule has 0 bridgehead atoms. The van der Waals surface area contributed by atoms with Crippen molar-refractivity contribution in [2.24, 2.45) is 0 Å². The van der Waals surface area contributed by atoms with Gasteiger partial charge < -0.3 is 14.4 Å². The SMILES string of the molecule is CCOc1cccc(-c2cc(C(=O)N3CC(C)OC(C)C3)c3ccccc3n2)c1. The molecule has 1 aliphatic heterocycles. The third-order valence-corrected chi connectivity index (χ3v) is 5.09. The Balaban J connectivity index is 1.79. The maximum Gasteiger partial charge on any atom is 0.254 e. The number of hydrogen-bond donors (Lipinski definition) is 0. The molecule has 150 valence electrons. The minimum atomic E-state index is 0.0211. The fourth-order valence-electron chi connectivity index (χ4n) is 3.93. The second-order valence-corrected chi connectivity index (χ2v) is 7.50. The highest BCUT2D eigenvalue weighted by molar-refractivity contribution is 6.07. The molecule has 29 heavy (non-hydrogen) atoms. The summed E-state index contributed by atoms with van der Waals surface area (Å²) < 4.78 is 11.4. The van der Waals surface area contributed by atoms with Gasteiger partial charge in [0.25, 0.3) is 5.91 Å². The van der Waals surface area contributed by atoms with E-state index >= 15 is 0 Å². The van der Waals surface area contributed by atoms with E-state index in [0.717, 1.165) is 27.9 Å². The van der Waals surface area contributed by atoms with Crippen LogP contribution in [0.3, 0.4) is 0 Å². The van der Waals surface area contributed by atoms with Crippen LogP contribution in [0.15, 0.2) is 54.6 Å². The van der Waals surface area contributed by atoms with Gasteiger partial charge in [0.2, 0.25) is 0 Å². The Labute approximate surface area is 171 Å². The van der Waals surface area contributed by atoms with Gasteiger partial charge in [-0.15, -0.1) is 0 Å². The molecule has 2 aromatic carbocycles. The summed E-state index contributed by atoms with van der Waals surface area (Å²) in [7, 11) is 0. The monoisotopic (exact) mass is 390 g/mol. The lowest BCUT2D eigenvalue weighted by atomic mass is 10.0. The molecular formula is C24H26N2O3. The van der Waals surface area contributed by atoms with E-state index in [9.17, 15) is 4.79 Å². The van der Waals surface area contributed by atoms with Crippen molar-refractivity contribution in [1.29, 1.82) is 0 Å². The fraction of sp³-hybridized carbons (Fsp3) is 0.333. The van der Waals surface area contributed by atoms with Gasteiger partial charge in [-0.05, 0) is 45.0 Å². The van der Waals surface area contributed by atoms with Crippen LogP contribution in [0.1, 0.15) is 31.1 Å². The van der Waals surface area contributed by atoms with Crippen molar-refractivity contribution >= 4 is 16.8 Å². The highest BCUT2D eigenvalue weighted by atomic mass is 16.5. The zero-order chi connectivity index (χ0) is 20.4. The molecule has 5 nitrogen and oxygen atoms in total. The smallest absolute Gasteiger partial charge is 0.254 e.